The van der Waals surface area contributed by atoms with Crippen molar-refractivity contribution >= 4 is 11.6 Å². The van der Waals surface area contributed by atoms with Crippen molar-refractivity contribution in [3.8, 4) is 5.75 Å². The molecular weight excluding hydrogens is 258 g/mol. The molecule has 106 valence electrons. The fourth-order valence-electron chi connectivity index (χ4n) is 1.95. The third-order valence-electron chi connectivity index (χ3n) is 2.99. The van der Waals surface area contributed by atoms with Gasteiger partial charge in [-0.3, -0.25) is 9.78 Å². The van der Waals surface area contributed by atoms with Crippen molar-refractivity contribution in [1.82, 2.24) is 9.97 Å². The molecule has 0 spiro atoms. The summed E-state index contributed by atoms with van der Waals surface area (Å²) in [7, 11) is 0. The van der Waals surface area contributed by atoms with Crippen LogP contribution in [-0.4, -0.2) is 26.8 Å². The number of phenolic OH excluding ortho intramolecular Hbond substituents is 1. The maximum Gasteiger partial charge on any atom is 0.255 e. The lowest BCUT2D eigenvalue weighted by atomic mass is 10.2. The zero-order valence-corrected chi connectivity index (χ0v) is 11.4. The number of aromatic hydroxyl groups is 1. The number of hydrogen-bond donors (Lipinski definition) is 4. The predicted molar refractivity (Wildman–Crippen MR) is 76.5 cm³/mol. The van der Waals surface area contributed by atoms with Crippen molar-refractivity contribution in [3.05, 3.63) is 45.4 Å². The van der Waals surface area contributed by atoms with E-state index >= 15 is 0 Å². The molecule has 6 heteroatoms. The second-order valence-corrected chi connectivity index (χ2v) is 4.60. The van der Waals surface area contributed by atoms with E-state index in [0.29, 0.717) is 16.9 Å². The average molecular weight is 275 g/mol. The smallest absolute Gasteiger partial charge is 0.255 e. The van der Waals surface area contributed by atoms with Gasteiger partial charge in [0.2, 0.25) is 5.95 Å². The number of aryl methyl sites for hydroxylation is 2. The highest BCUT2D eigenvalue weighted by Crippen LogP contribution is 2.25. The van der Waals surface area contributed by atoms with Crippen LogP contribution in [0.3, 0.4) is 0 Å². The Balaban J connectivity index is 2.33. The Bertz CT molecular complexity index is 680. The topological polar surface area (TPSA) is 98.2 Å². The normalized spacial score (nSPS) is 10.6. The van der Waals surface area contributed by atoms with E-state index in [1.54, 1.807) is 19.1 Å². The Kier molecular flexibility index (Phi) is 4.05. The summed E-state index contributed by atoms with van der Waals surface area (Å²) in [6.07, 6.45) is 0.268. The lowest BCUT2D eigenvalue weighted by Crippen LogP contribution is -2.19. The van der Waals surface area contributed by atoms with Gasteiger partial charge in [0.15, 0.2) is 0 Å². The number of rotatable bonds is 4. The fraction of sp³-hybridized carbons (Fsp3) is 0.286. The van der Waals surface area contributed by atoms with Crippen molar-refractivity contribution in [1.29, 1.82) is 0 Å². The third kappa shape index (κ3) is 2.97. The molecule has 0 unspecified atom stereocenters. The van der Waals surface area contributed by atoms with E-state index in [1.807, 2.05) is 13.0 Å². The van der Waals surface area contributed by atoms with E-state index in [0.717, 1.165) is 5.56 Å². The Morgan fingerprint density at radius 1 is 1.35 bits per heavy atom. The number of nitrogens with zero attached hydrogens (tertiary/aromatic N) is 1. The van der Waals surface area contributed by atoms with Crippen LogP contribution >= 0.6 is 0 Å². The molecule has 0 amide bonds. The molecule has 2 rings (SSSR count). The molecule has 0 fully saturated rings. The monoisotopic (exact) mass is 275 g/mol. The van der Waals surface area contributed by atoms with Gasteiger partial charge in [0.1, 0.15) is 5.75 Å². The van der Waals surface area contributed by atoms with E-state index in [2.05, 4.69) is 15.3 Å². The lowest BCUT2D eigenvalue weighted by Gasteiger charge is -2.10. The molecule has 4 N–H and O–H groups in total. The summed E-state index contributed by atoms with van der Waals surface area (Å²) in [5, 5.41) is 21.6. The fourth-order valence-corrected chi connectivity index (χ4v) is 1.95. The Morgan fingerprint density at radius 2 is 2.10 bits per heavy atom. The molecule has 1 heterocycles. The second-order valence-electron chi connectivity index (χ2n) is 4.60. The van der Waals surface area contributed by atoms with Crippen molar-refractivity contribution in [3.63, 3.8) is 0 Å². The van der Waals surface area contributed by atoms with Gasteiger partial charge in [0, 0.05) is 18.6 Å². The van der Waals surface area contributed by atoms with Gasteiger partial charge in [0.25, 0.3) is 5.56 Å². The molecule has 0 aliphatic carbocycles. The molecule has 0 saturated carbocycles. The number of nitrogens with one attached hydrogen (secondary N) is 2. The van der Waals surface area contributed by atoms with Crippen LogP contribution in [0.5, 0.6) is 5.75 Å². The van der Waals surface area contributed by atoms with Crippen molar-refractivity contribution < 1.29 is 10.2 Å². The molecular formula is C14H17N3O3. The molecule has 6 nitrogen and oxygen atoms in total. The summed E-state index contributed by atoms with van der Waals surface area (Å²) < 4.78 is 0. The number of aromatic amines is 1. The summed E-state index contributed by atoms with van der Waals surface area (Å²) in [4.78, 5) is 18.7. The van der Waals surface area contributed by atoms with Gasteiger partial charge in [-0.2, -0.15) is 0 Å². The molecule has 0 aliphatic heterocycles. The minimum atomic E-state index is -0.291. The Morgan fingerprint density at radius 3 is 2.70 bits per heavy atom. The van der Waals surface area contributed by atoms with Gasteiger partial charge in [-0.25, -0.2) is 4.98 Å². The van der Waals surface area contributed by atoms with Crippen molar-refractivity contribution in [2.75, 3.05) is 11.9 Å². The first-order valence-electron chi connectivity index (χ1n) is 6.28. The lowest BCUT2D eigenvalue weighted by molar-refractivity contribution is 0.298. The number of aromatic nitrogens is 2. The molecule has 0 atom stereocenters. The quantitative estimate of drug-likeness (QED) is 0.632. The number of hydrogen-bond acceptors (Lipinski definition) is 5. The zero-order chi connectivity index (χ0) is 14.7. The first-order chi connectivity index (χ1) is 9.51. The third-order valence-corrected chi connectivity index (χ3v) is 2.99. The van der Waals surface area contributed by atoms with Crippen molar-refractivity contribution in [2.24, 2.45) is 0 Å². The van der Waals surface area contributed by atoms with Gasteiger partial charge in [-0.05, 0) is 31.5 Å². The van der Waals surface area contributed by atoms with Gasteiger partial charge < -0.3 is 15.5 Å². The largest absolute Gasteiger partial charge is 0.506 e. The molecule has 0 radical (unpaired) electrons. The summed E-state index contributed by atoms with van der Waals surface area (Å²) in [6, 6.07) is 5.17. The molecule has 0 saturated heterocycles. The Labute approximate surface area is 116 Å². The van der Waals surface area contributed by atoms with Gasteiger partial charge in [-0.15, -0.1) is 0 Å². The minimum absolute atomic E-state index is 0.0877. The van der Waals surface area contributed by atoms with Crippen LogP contribution < -0.4 is 10.9 Å². The standard InChI is InChI=1S/C14H17N3O3/c1-8-3-4-11(12(19)7-8)16-14-15-9(2)10(5-6-18)13(20)17-14/h3-4,7,18-19H,5-6H2,1-2H3,(H2,15,16,17,20). The maximum atomic E-state index is 11.9. The summed E-state index contributed by atoms with van der Waals surface area (Å²) in [5.74, 6) is 0.345. The zero-order valence-electron chi connectivity index (χ0n) is 11.4. The summed E-state index contributed by atoms with van der Waals surface area (Å²) >= 11 is 0. The highest BCUT2D eigenvalue weighted by Gasteiger charge is 2.09. The highest BCUT2D eigenvalue weighted by molar-refractivity contribution is 5.62. The van der Waals surface area contributed by atoms with Crippen LogP contribution in [0, 0.1) is 13.8 Å². The molecule has 1 aromatic carbocycles. The molecule has 2 aromatic rings. The average Bonchev–Trinajstić information content (AvgIpc) is 2.37. The van der Waals surface area contributed by atoms with E-state index in [4.69, 9.17) is 5.11 Å². The molecule has 0 bridgehead atoms. The van der Waals surface area contributed by atoms with E-state index < -0.39 is 0 Å². The van der Waals surface area contributed by atoms with E-state index in [9.17, 15) is 9.90 Å². The SMILES string of the molecule is Cc1ccc(Nc2nc(C)c(CCO)c(=O)[nH]2)c(O)c1. The Hall–Kier alpha value is -2.34. The first kappa shape index (κ1) is 14.1. The van der Waals surface area contributed by atoms with Crippen LogP contribution in [0.1, 0.15) is 16.8 Å². The van der Waals surface area contributed by atoms with Gasteiger partial charge in [-0.1, -0.05) is 6.07 Å². The van der Waals surface area contributed by atoms with Crippen molar-refractivity contribution in [2.45, 2.75) is 20.3 Å². The van der Waals surface area contributed by atoms with E-state index in [-0.39, 0.29) is 30.3 Å². The maximum absolute atomic E-state index is 11.9. The predicted octanol–water partition coefficient (Wildman–Crippen LogP) is 1.37. The minimum Gasteiger partial charge on any atom is -0.506 e. The second kappa shape index (κ2) is 5.75. The van der Waals surface area contributed by atoms with E-state index in [1.165, 1.54) is 0 Å². The first-order valence-corrected chi connectivity index (χ1v) is 6.28. The van der Waals surface area contributed by atoms with Gasteiger partial charge in [0.05, 0.1) is 11.4 Å². The number of benzene rings is 1. The molecule has 20 heavy (non-hydrogen) atoms. The van der Waals surface area contributed by atoms with Crippen LogP contribution in [-0.2, 0) is 6.42 Å². The number of H-pyrrole nitrogens is 1. The summed E-state index contributed by atoms with van der Waals surface area (Å²) in [5.41, 5.74) is 2.13. The van der Waals surface area contributed by atoms with Crippen LogP contribution in [0.4, 0.5) is 11.6 Å². The van der Waals surface area contributed by atoms with Crippen LogP contribution in [0.2, 0.25) is 0 Å². The van der Waals surface area contributed by atoms with Crippen LogP contribution in [0.25, 0.3) is 0 Å². The number of aliphatic hydroxyl groups is 1. The number of phenols is 1. The molecule has 0 aliphatic rings. The van der Waals surface area contributed by atoms with Gasteiger partial charge >= 0.3 is 0 Å². The van der Waals surface area contributed by atoms with Crippen LogP contribution in [0.15, 0.2) is 23.0 Å². The molecule has 1 aromatic heterocycles. The number of aliphatic hydroxyl groups excluding tert-OH is 1. The number of anilines is 2. The highest BCUT2D eigenvalue weighted by atomic mass is 16.3. The summed E-state index contributed by atoms with van der Waals surface area (Å²) in [6.45, 7) is 3.48.